The molecule has 3 saturated heterocycles. The second-order valence-corrected chi connectivity index (χ2v) is 9.91. The van der Waals surface area contributed by atoms with E-state index >= 15 is 0 Å². The van der Waals surface area contributed by atoms with Crippen molar-refractivity contribution in [2.75, 3.05) is 38.2 Å². The number of nitrogens with zero attached hydrogens (tertiary/aromatic N) is 2. The minimum Gasteiger partial charge on any atom is -0.508 e. The van der Waals surface area contributed by atoms with E-state index in [2.05, 4.69) is 10.2 Å². The van der Waals surface area contributed by atoms with Crippen molar-refractivity contribution in [1.29, 1.82) is 0 Å². The molecule has 3 heterocycles. The van der Waals surface area contributed by atoms with Crippen LogP contribution >= 0.6 is 11.8 Å². The van der Waals surface area contributed by atoms with Gasteiger partial charge in [0.1, 0.15) is 11.8 Å². The fourth-order valence-electron chi connectivity index (χ4n) is 5.60. The van der Waals surface area contributed by atoms with Gasteiger partial charge in [-0.2, -0.15) is 11.8 Å². The smallest absolute Gasteiger partial charge is 0.243 e. The van der Waals surface area contributed by atoms with Crippen molar-refractivity contribution in [3.8, 4) is 5.75 Å². The molecular formula is C23H33N3O3S. The lowest BCUT2D eigenvalue weighted by Gasteiger charge is -2.56. The minimum atomic E-state index is -0.322. The summed E-state index contributed by atoms with van der Waals surface area (Å²) in [6.07, 6.45) is 6.55. The summed E-state index contributed by atoms with van der Waals surface area (Å²) >= 11 is 1.72. The number of fused-ring (bicyclic) bond motifs is 4. The summed E-state index contributed by atoms with van der Waals surface area (Å²) in [5.74, 6) is 2.06. The third-order valence-electron chi connectivity index (χ3n) is 6.94. The Balaban J connectivity index is 1.47. The second kappa shape index (κ2) is 9.60. The molecule has 6 nitrogen and oxygen atoms in total. The lowest BCUT2D eigenvalue weighted by molar-refractivity contribution is -0.160. The van der Waals surface area contributed by atoms with Gasteiger partial charge in [0, 0.05) is 50.3 Å². The molecule has 2 amide bonds. The molecule has 1 aromatic carbocycles. The predicted octanol–water partition coefficient (Wildman–Crippen LogP) is 2.12. The highest BCUT2D eigenvalue weighted by atomic mass is 32.2. The summed E-state index contributed by atoms with van der Waals surface area (Å²) in [7, 11) is 0. The van der Waals surface area contributed by atoms with Gasteiger partial charge in [-0.1, -0.05) is 12.1 Å². The van der Waals surface area contributed by atoms with Gasteiger partial charge in [-0.15, -0.1) is 0 Å². The number of rotatable bonds is 7. The molecule has 7 heteroatoms. The third kappa shape index (κ3) is 4.62. The Morgan fingerprint density at radius 2 is 2.00 bits per heavy atom. The molecular weight excluding hydrogens is 398 g/mol. The van der Waals surface area contributed by atoms with Crippen LogP contribution in [0.3, 0.4) is 0 Å². The molecule has 0 saturated carbocycles. The number of amides is 2. The molecule has 3 aliphatic rings. The molecule has 164 valence electrons. The van der Waals surface area contributed by atoms with Crippen LogP contribution in [0.5, 0.6) is 5.75 Å². The van der Waals surface area contributed by atoms with Crippen LogP contribution in [0.2, 0.25) is 0 Å². The zero-order valence-corrected chi connectivity index (χ0v) is 18.6. The zero-order valence-electron chi connectivity index (χ0n) is 17.8. The Morgan fingerprint density at radius 3 is 2.77 bits per heavy atom. The van der Waals surface area contributed by atoms with Crippen LogP contribution in [0, 0.1) is 11.8 Å². The molecule has 0 radical (unpaired) electrons. The molecule has 2 N–H and O–H groups in total. The van der Waals surface area contributed by atoms with E-state index < -0.39 is 0 Å². The lowest BCUT2D eigenvalue weighted by Crippen LogP contribution is -2.68. The maximum Gasteiger partial charge on any atom is 0.243 e. The van der Waals surface area contributed by atoms with Gasteiger partial charge in [0.2, 0.25) is 11.8 Å². The van der Waals surface area contributed by atoms with Gasteiger partial charge in [0.15, 0.2) is 0 Å². The van der Waals surface area contributed by atoms with Crippen molar-refractivity contribution in [2.45, 2.75) is 44.2 Å². The van der Waals surface area contributed by atoms with Crippen LogP contribution in [0.15, 0.2) is 24.3 Å². The highest BCUT2D eigenvalue weighted by Crippen LogP contribution is 2.41. The number of carbonyl (C=O) groups is 2. The molecule has 0 unspecified atom stereocenters. The van der Waals surface area contributed by atoms with Crippen molar-refractivity contribution in [3.05, 3.63) is 29.8 Å². The second-order valence-electron chi connectivity index (χ2n) is 8.92. The zero-order chi connectivity index (χ0) is 21.1. The summed E-state index contributed by atoms with van der Waals surface area (Å²) in [6, 6.07) is 7.31. The topological polar surface area (TPSA) is 72.9 Å². The van der Waals surface area contributed by atoms with Crippen molar-refractivity contribution in [2.24, 2.45) is 11.8 Å². The fraction of sp³-hybridized carbons (Fsp3) is 0.652. The van der Waals surface area contributed by atoms with E-state index in [1.165, 1.54) is 5.56 Å². The summed E-state index contributed by atoms with van der Waals surface area (Å²) in [5.41, 5.74) is 1.21. The Kier molecular flexibility index (Phi) is 6.88. The monoisotopic (exact) mass is 431 g/mol. The Bertz CT molecular complexity index is 757. The highest BCUT2D eigenvalue weighted by Gasteiger charge is 2.51. The molecule has 1 aromatic rings. The molecule has 0 spiro atoms. The average Bonchev–Trinajstić information content (AvgIpc) is 2.74. The van der Waals surface area contributed by atoms with Crippen molar-refractivity contribution < 1.29 is 14.7 Å². The van der Waals surface area contributed by atoms with Crippen molar-refractivity contribution in [3.63, 3.8) is 0 Å². The van der Waals surface area contributed by atoms with Crippen molar-refractivity contribution >= 4 is 23.6 Å². The first-order chi connectivity index (χ1) is 14.6. The van der Waals surface area contributed by atoms with Gasteiger partial charge in [-0.25, -0.2) is 0 Å². The maximum absolute atomic E-state index is 13.1. The fourth-order valence-corrected chi connectivity index (χ4v) is 5.91. The van der Waals surface area contributed by atoms with Gasteiger partial charge < -0.3 is 20.2 Å². The number of hydrogen-bond acceptors (Lipinski definition) is 5. The third-order valence-corrected chi connectivity index (χ3v) is 7.56. The molecule has 30 heavy (non-hydrogen) atoms. The van der Waals surface area contributed by atoms with E-state index in [4.69, 9.17) is 0 Å². The molecule has 3 fully saturated rings. The van der Waals surface area contributed by atoms with Crippen LogP contribution in [0.4, 0.5) is 0 Å². The number of nitrogens with one attached hydrogen (secondary N) is 1. The number of carbonyl (C=O) groups excluding carboxylic acids is 2. The molecule has 3 aliphatic heterocycles. The van der Waals surface area contributed by atoms with Crippen molar-refractivity contribution in [1.82, 2.24) is 15.1 Å². The molecule has 4 atom stereocenters. The number of benzene rings is 1. The average molecular weight is 432 g/mol. The number of piperidine rings is 3. The molecule has 0 aromatic heterocycles. The number of phenols is 1. The number of thioether (sulfide) groups is 1. The molecule has 2 bridgehead atoms. The SMILES string of the molecule is CSCCNC(=O)[C@H]1[C@@H]2C[C@@H](CN(CCc3ccc(O)cc3)C2)[C@@H]2CCCC(=O)N21. The first kappa shape index (κ1) is 21.5. The van der Waals surface area contributed by atoms with E-state index in [-0.39, 0.29) is 29.8 Å². The van der Waals surface area contributed by atoms with Crippen LogP contribution in [0.1, 0.15) is 31.2 Å². The maximum atomic E-state index is 13.1. The summed E-state index contributed by atoms with van der Waals surface area (Å²) in [4.78, 5) is 30.4. The van der Waals surface area contributed by atoms with Gasteiger partial charge in [-0.05, 0) is 55.6 Å². The minimum absolute atomic E-state index is 0.0353. The highest BCUT2D eigenvalue weighted by molar-refractivity contribution is 7.98. The van der Waals surface area contributed by atoms with E-state index in [0.717, 1.165) is 51.1 Å². The van der Waals surface area contributed by atoms with Gasteiger partial charge >= 0.3 is 0 Å². The number of aromatic hydroxyl groups is 1. The van der Waals surface area contributed by atoms with E-state index in [0.29, 0.717) is 24.6 Å². The van der Waals surface area contributed by atoms with Crippen LogP contribution in [-0.4, -0.2) is 77.0 Å². The molecule has 0 aliphatic carbocycles. The Labute approximate surface area is 183 Å². The van der Waals surface area contributed by atoms with E-state index in [9.17, 15) is 14.7 Å². The predicted molar refractivity (Wildman–Crippen MR) is 120 cm³/mol. The van der Waals surface area contributed by atoms with Gasteiger partial charge in [0.25, 0.3) is 0 Å². The van der Waals surface area contributed by atoms with Gasteiger partial charge in [0.05, 0.1) is 0 Å². The first-order valence-electron chi connectivity index (χ1n) is 11.1. The summed E-state index contributed by atoms with van der Waals surface area (Å²) in [5, 5.41) is 12.6. The van der Waals surface area contributed by atoms with E-state index in [1.807, 2.05) is 23.3 Å². The quantitative estimate of drug-likeness (QED) is 0.647. The largest absolute Gasteiger partial charge is 0.508 e. The van der Waals surface area contributed by atoms with Crippen LogP contribution < -0.4 is 5.32 Å². The number of phenolic OH excluding ortho intramolecular Hbond substituents is 1. The normalized spacial score (nSPS) is 28.8. The Morgan fingerprint density at radius 1 is 1.23 bits per heavy atom. The molecule has 4 rings (SSSR count). The first-order valence-corrected chi connectivity index (χ1v) is 12.5. The van der Waals surface area contributed by atoms with Crippen LogP contribution in [-0.2, 0) is 16.0 Å². The standard InChI is InChI=1S/C23H33N3O3S/c1-30-12-10-24-23(29)22-18-13-17(20-3-2-4-21(28)26(20)22)14-25(15-18)11-9-16-5-7-19(27)8-6-16/h5-8,17-18,20,22,27H,2-4,9-15H2,1H3,(H,24,29)/t17-,18+,20-,22+/m0/s1. The summed E-state index contributed by atoms with van der Waals surface area (Å²) in [6.45, 7) is 3.47. The summed E-state index contributed by atoms with van der Waals surface area (Å²) < 4.78 is 0. The number of hydrogen-bond donors (Lipinski definition) is 2. The van der Waals surface area contributed by atoms with E-state index in [1.54, 1.807) is 23.9 Å². The van der Waals surface area contributed by atoms with Crippen LogP contribution in [0.25, 0.3) is 0 Å². The number of likely N-dealkylation sites (tertiary alicyclic amines) is 1. The Hall–Kier alpha value is -1.73. The lowest BCUT2D eigenvalue weighted by atomic mass is 9.71. The van der Waals surface area contributed by atoms with Gasteiger partial charge in [-0.3, -0.25) is 9.59 Å².